The van der Waals surface area contributed by atoms with E-state index in [4.69, 9.17) is 11.6 Å². The summed E-state index contributed by atoms with van der Waals surface area (Å²) in [6.07, 6.45) is 2.49. The van der Waals surface area contributed by atoms with Crippen molar-refractivity contribution in [1.82, 2.24) is 5.32 Å². The van der Waals surface area contributed by atoms with Crippen LogP contribution in [-0.4, -0.2) is 12.5 Å². The van der Waals surface area contributed by atoms with Gasteiger partial charge in [0.2, 0.25) is 5.91 Å². The van der Waals surface area contributed by atoms with Gasteiger partial charge >= 0.3 is 0 Å². The van der Waals surface area contributed by atoms with Crippen LogP contribution in [0.3, 0.4) is 0 Å². The summed E-state index contributed by atoms with van der Waals surface area (Å²) in [6.45, 7) is 2.85. The smallest absolute Gasteiger partial charge is 0.224 e. The van der Waals surface area contributed by atoms with Gasteiger partial charge in [-0.05, 0) is 40.0 Å². The van der Waals surface area contributed by atoms with Crippen molar-refractivity contribution in [2.45, 2.75) is 26.2 Å². The van der Waals surface area contributed by atoms with Gasteiger partial charge in [-0.15, -0.1) is 0 Å². The van der Waals surface area contributed by atoms with E-state index in [1.807, 2.05) is 18.2 Å². The van der Waals surface area contributed by atoms with Gasteiger partial charge in [0, 0.05) is 11.0 Å². The van der Waals surface area contributed by atoms with Gasteiger partial charge in [0.25, 0.3) is 0 Å². The summed E-state index contributed by atoms with van der Waals surface area (Å²) in [5.41, 5.74) is 0.933. The molecule has 0 aliphatic carbocycles. The van der Waals surface area contributed by atoms with Crippen molar-refractivity contribution in [1.29, 1.82) is 0 Å². The molecule has 4 heteroatoms. The van der Waals surface area contributed by atoms with E-state index in [0.29, 0.717) is 11.4 Å². The van der Waals surface area contributed by atoms with Crippen LogP contribution in [0.2, 0.25) is 5.02 Å². The van der Waals surface area contributed by atoms with Crippen LogP contribution in [0.15, 0.2) is 22.7 Å². The molecule has 1 N–H and O–H groups in total. The van der Waals surface area contributed by atoms with Crippen molar-refractivity contribution in [3.8, 4) is 0 Å². The Kier molecular flexibility index (Phi) is 5.85. The van der Waals surface area contributed by atoms with Crippen LogP contribution in [0, 0.1) is 0 Å². The van der Waals surface area contributed by atoms with E-state index in [1.165, 1.54) is 0 Å². The average molecular weight is 305 g/mol. The molecule has 0 spiro atoms. The van der Waals surface area contributed by atoms with Gasteiger partial charge in [0.15, 0.2) is 0 Å². The SMILES string of the molecule is CCCCNC(=O)Cc1ccc(Br)c(Cl)c1. The molecule has 0 radical (unpaired) electrons. The van der Waals surface area contributed by atoms with E-state index in [9.17, 15) is 4.79 Å². The molecule has 0 atom stereocenters. The molecule has 0 heterocycles. The highest BCUT2D eigenvalue weighted by atomic mass is 79.9. The highest BCUT2D eigenvalue weighted by Gasteiger charge is 2.04. The lowest BCUT2D eigenvalue weighted by molar-refractivity contribution is -0.120. The standard InChI is InChI=1S/C12H15BrClNO/c1-2-3-6-15-12(16)8-9-4-5-10(13)11(14)7-9/h4-5,7H,2-3,6,8H2,1H3,(H,15,16). The lowest BCUT2D eigenvalue weighted by Gasteiger charge is -2.05. The first-order chi connectivity index (χ1) is 7.63. The van der Waals surface area contributed by atoms with E-state index in [1.54, 1.807) is 0 Å². The minimum Gasteiger partial charge on any atom is -0.356 e. The van der Waals surface area contributed by atoms with E-state index < -0.39 is 0 Å². The second-order valence-corrected chi connectivity index (χ2v) is 4.89. The van der Waals surface area contributed by atoms with E-state index in [-0.39, 0.29) is 5.91 Å². The number of carbonyl (C=O) groups excluding carboxylic acids is 1. The summed E-state index contributed by atoms with van der Waals surface area (Å²) in [4.78, 5) is 11.5. The van der Waals surface area contributed by atoms with Gasteiger partial charge in [0.1, 0.15) is 0 Å². The summed E-state index contributed by atoms with van der Waals surface area (Å²) in [6, 6.07) is 5.57. The minimum absolute atomic E-state index is 0.0480. The van der Waals surface area contributed by atoms with E-state index >= 15 is 0 Å². The van der Waals surface area contributed by atoms with Crippen LogP contribution in [0.1, 0.15) is 25.3 Å². The van der Waals surface area contributed by atoms with Gasteiger partial charge in [-0.1, -0.05) is 31.0 Å². The molecule has 1 aromatic rings. The van der Waals surface area contributed by atoms with Crippen LogP contribution in [-0.2, 0) is 11.2 Å². The molecular weight excluding hydrogens is 289 g/mol. The first kappa shape index (κ1) is 13.5. The Hall–Kier alpha value is -0.540. The number of unbranched alkanes of at least 4 members (excludes halogenated alkanes) is 1. The quantitative estimate of drug-likeness (QED) is 0.828. The number of nitrogens with one attached hydrogen (secondary N) is 1. The molecule has 0 fully saturated rings. The fourth-order valence-electron chi connectivity index (χ4n) is 1.30. The molecule has 1 amide bonds. The lowest BCUT2D eigenvalue weighted by atomic mass is 10.1. The molecule has 0 aliphatic heterocycles. The summed E-state index contributed by atoms with van der Waals surface area (Å²) in [5, 5.41) is 3.51. The third-order valence-electron chi connectivity index (χ3n) is 2.20. The second-order valence-electron chi connectivity index (χ2n) is 3.63. The summed E-state index contributed by atoms with van der Waals surface area (Å²) in [7, 11) is 0. The number of hydrogen-bond donors (Lipinski definition) is 1. The Bertz CT molecular complexity index is 368. The van der Waals surface area contributed by atoms with Crippen molar-refractivity contribution < 1.29 is 4.79 Å². The van der Waals surface area contributed by atoms with Gasteiger partial charge in [-0.2, -0.15) is 0 Å². The number of hydrogen-bond acceptors (Lipinski definition) is 1. The average Bonchev–Trinajstić information content (AvgIpc) is 2.24. The van der Waals surface area contributed by atoms with E-state index in [0.717, 1.165) is 29.4 Å². The molecule has 88 valence electrons. The largest absolute Gasteiger partial charge is 0.356 e. The highest BCUT2D eigenvalue weighted by molar-refractivity contribution is 9.10. The maximum absolute atomic E-state index is 11.5. The summed E-state index contributed by atoms with van der Waals surface area (Å²) >= 11 is 9.26. The molecule has 0 aliphatic rings. The predicted octanol–water partition coefficient (Wildman–Crippen LogP) is 3.56. The first-order valence-electron chi connectivity index (χ1n) is 5.34. The zero-order valence-corrected chi connectivity index (χ0v) is 11.6. The Morgan fingerprint density at radius 1 is 1.50 bits per heavy atom. The molecule has 1 aromatic carbocycles. The number of amides is 1. The first-order valence-corrected chi connectivity index (χ1v) is 6.51. The maximum atomic E-state index is 11.5. The van der Waals surface area contributed by atoms with Crippen LogP contribution >= 0.6 is 27.5 Å². The maximum Gasteiger partial charge on any atom is 0.224 e. The van der Waals surface area contributed by atoms with Crippen LogP contribution in [0.4, 0.5) is 0 Å². The third-order valence-corrected chi connectivity index (χ3v) is 3.43. The van der Waals surface area contributed by atoms with Gasteiger partial charge in [0.05, 0.1) is 11.4 Å². The molecule has 0 saturated heterocycles. The van der Waals surface area contributed by atoms with Gasteiger partial charge < -0.3 is 5.32 Å². The molecular formula is C12H15BrClNO. The van der Waals surface area contributed by atoms with Crippen LogP contribution in [0.25, 0.3) is 0 Å². The van der Waals surface area contributed by atoms with Gasteiger partial charge in [-0.3, -0.25) is 4.79 Å². The van der Waals surface area contributed by atoms with Crippen molar-refractivity contribution in [3.05, 3.63) is 33.3 Å². The third kappa shape index (κ3) is 4.54. The van der Waals surface area contributed by atoms with Crippen LogP contribution < -0.4 is 5.32 Å². The molecule has 0 aromatic heterocycles. The number of rotatable bonds is 5. The fraction of sp³-hybridized carbons (Fsp3) is 0.417. The normalized spacial score (nSPS) is 10.2. The predicted molar refractivity (Wildman–Crippen MR) is 70.8 cm³/mol. The van der Waals surface area contributed by atoms with Crippen molar-refractivity contribution in [3.63, 3.8) is 0 Å². The zero-order chi connectivity index (χ0) is 12.0. The minimum atomic E-state index is 0.0480. The number of benzene rings is 1. The van der Waals surface area contributed by atoms with E-state index in [2.05, 4.69) is 28.2 Å². The Balaban J connectivity index is 2.46. The number of carbonyl (C=O) groups is 1. The van der Waals surface area contributed by atoms with Crippen LogP contribution in [0.5, 0.6) is 0 Å². The Morgan fingerprint density at radius 3 is 2.88 bits per heavy atom. The Labute approximate surface area is 110 Å². The second kappa shape index (κ2) is 6.92. The monoisotopic (exact) mass is 303 g/mol. The lowest BCUT2D eigenvalue weighted by Crippen LogP contribution is -2.25. The zero-order valence-electron chi connectivity index (χ0n) is 9.22. The fourth-order valence-corrected chi connectivity index (χ4v) is 1.75. The molecule has 0 unspecified atom stereocenters. The summed E-state index contributed by atoms with van der Waals surface area (Å²) in [5.74, 6) is 0.0480. The van der Waals surface area contributed by atoms with Crippen molar-refractivity contribution >= 4 is 33.4 Å². The highest BCUT2D eigenvalue weighted by Crippen LogP contribution is 2.23. The molecule has 2 nitrogen and oxygen atoms in total. The van der Waals surface area contributed by atoms with Gasteiger partial charge in [-0.25, -0.2) is 0 Å². The van der Waals surface area contributed by atoms with Crippen molar-refractivity contribution in [2.75, 3.05) is 6.54 Å². The number of halogens is 2. The molecule has 1 rings (SSSR count). The summed E-state index contributed by atoms with van der Waals surface area (Å²) < 4.78 is 0.851. The molecule has 0 saturated carbocycles. The Morgan fingerprint density at radius 2 is 2.25 bits per heavy atom. The molecule has 0 bridgehead atoms. The topological polar surface area (TPSA) is 29.1 Å². The van der Waals surface area contributed by atoms with Crippen molar-refractivity contribution in [2.24, 2.45) is 0 Å². The molecule has 16 heavy (non-hydrogen) atoms.